The van der Waals surface area contributed by atoms with Gasteiger partial charge < -0.3 is 13.8 Å². The highest BCUT2D eigenvalue weighted by atomic mass is 16.3. The molecular formula is C45H39BN2O. The van der Waals surface area contributed by atoms with Crippen molar-refractivity contribution in [2.45, 2.75) is 58.8 Å². The third-order valence-corrected chi connectivity index (χ3v) is 11.1. The lowest BCUT2D eigenvalue weighted by molar-refractivity contribution is 0.590. The molecule has 0 radical (unpaired) electrons. The van der Waals surface area contributed by atoms with Gasteiger partial charge in [0.15, 0.2) is 0 Å². The van der Waals surface area contributed by atoms with Crippen LogP contribution < -0.4 is 15.9 Å². The van der Waals surface area contributed by atoms with E-state index in [1.807, 2.05) is 0 Å². The van der Waals surface area contributed by atoms with Crippen LogP contribution in [-0.2, 0) is 11.8 Å². The number of hydrogen-bond donors (Lipinski definition) is 0. The van der Waals surface area contributed by atoms with Crippen LogP contribution in [0, 0.1) is 0 Å². The van der Waals surface area contributed by atoms with E-state index in [1.165, 1.54) is 102 Å². The van der Waals surface area contributed by atoms with Crippen LogP contribution in [-0.4, -0.2) is 11.4 Å². The second kappa shape index (κ2) is 10.4. The fourth-order valence-corrected chi connectivity index (χ4v) is 8.83. The summed E-state index contributed by atoms with van der Waals surface area (Å²) in [5.41, 5.74) is 14.7. The zero-order valence-corrected chi connectivity index (χ0v) is 28.7. The van der Waals surface area contributed by atoms with Crippen molar-refractivity contribution >= 4 is 72.9 Å². The van der Waals surface area contributed by atoms with Crippen molar-refractivity contribution in [1.82, 2.24) is 4.57 Å². The molecule has 0 unspecified atom stereocenters. The molecule has 2 aliphatic rings. The molecule has 0 fully saturated rings. The Balaban J connectivity index is 1.37. The van der Waals surface area contributed by atoms with Crippen molar-refractivity contribution in [2.24, 2.45) is 0 Å². The van der Waals surface area contributed by atoms with Gasteiger partial charge in [0.1, 0.15) is 11.2 Å². The molecule has 4 heteroatoms. The van der Waals surface area contributed by atoms with E-state index in [9.17, 15) is 0 Å². The minimum Gasteiger partial charge on any atom is -0.466 e. The lowest BCUT2D eigenvalue weighted by Gasteiger charge is -2.40. The Bertz CT molecular complexity index is 2620. The highest BCUT2D eigenvalue weighted by Gasteiger charge is 2.47. The highest BCUT2D eigenvalue weighted by molar-refractivity contribution is 6.93. The molecule has 4 heterocycles. The molecule has 10 rings (SSSR count). The Hall–Kier alpha value is -5.22. The first-order valence-electron chi connectivity index (χ1n) is 18.0. The van der Waals surface area contributed by atoms with Crippen LogP contribution in [0.1, 0.15) is 58.1 Å². The Labute approximate surface area is 287 Å². The van der Waals surface area contributed by atoms with E-state index in [2.05, 4.69) is 152 Å². The predicted molar refractivity (Wildman–Crippen MR) is 209 cm³/mol. The van der Waals surface area contributed by atoms with Crippen LogP contribution in [0.25, 0.3) is 60.4 Å². The molecule has 0 spiro atoms. The third kappa shape index (κ3) is 3.98. The average Bonchev–Trinajstić information content (AvgIpc) is 3.67. The summed E-state index contributed by atoms with van der Waals surface area (Å²) in [4.78, 5) is 2.56. The number of nitrogens with zero attached hydrogens (tertiary/aromatic N) is 2. The van der Waals surface area contributed by atoms with Crippen molar-refractivity contribution in [1.29, 1.82) is 0 Å². The van der Waals surface area contributed by atoms with Gasteiger partial charge in [-0.05, 0) is 87.6 Å². The molecule has 0 amide bonds. The minimum absolute atomic E-state index is 0.0110. The molecule has 2 aromatic heterocycles. The smallest absolute Gasteiger partial charge is 0.375 e. The van der Waals surface area contributed by atoms with Gasteiger partial charge in [-0.2, -0.15) is 0 Å². The molecule has 0 saturated carbocycles. The second-order valence-corrected chi connectivity index (χ2v) is 15.1. The zero-order chi connectivity index (χ0) is 33.0. The number of furan rings is 1. The Morgan fingerprint density at radius 2 is 1.45 bits per heavy atom. The van der Waals surface area contributed by atoms with Gasteiger partial charge in [-0.15, -0.1) is 0 Å². The number of fused-ring (bicyclic) bond motifs is 13. The van der Waals surface area contributed by atoms with Crippen molar-refractivity contribution in [3.8, 4) is 16.8 Å². The van der Waals surface area contributed by atoms with E-state index >= 15 is 0 Å². The van der Waals surface area contributed by atoms with Gasteiger partial charge in [0.05, 0.1) is 16.7 Å². The van der Waals surface area contributed by atoms with Gasteiger partial charge in [0.25, 0.3) is 0 Å². The number of benzene rings is 6. The Morgan fingerprint density at radius 1 is 0.714 bits per heavy atom. The monoisotopic (exact) mass is 634 g/mol. The van der Waals surface area contributed by atoms with Crippen LogP contribution in [0.2, 0.25) is 0 Å². The first-order chi connectivity index (χ1) is 23.9. The SMILES string of the molecule is CCCCCc1ccc(N2B3c4oc5ccc(C(C)(C)C)cc5c4-n4c5ccccc5c5c6ccccc6c(c3c54)-c3ccccc32)cc1. The number of rotatable bonds is 5. The van der Waals surface area contributed by atoms with E-state index in [0.717, 1.165) is 17.7 Å². The van der Waals surface area contributed by atoms with Gasteiger partial charge in [-0.3, -0.25) is 0 Å². The normalized spacial score (nSPS) is 13.6. The van der Waals surface area contributed by atoms with E-state index in [-0.39, 0.29) is 12.3 Å². The summed E-state index contributed by atoms with van der Waals surface area (Å²) >= 11 is 0. The molecular weight excluding hydrogens is 595 g/mol. The predicted octanol–water partition coefficient (Wildman–Crippen LogP) is 11.0. The Morgan fingerprint density at radius 3 is 2.24 bits per heavy atom. The summed E-state index contributed by atoms with van der Waals surface area (Å²) in [5, 5.41) is 6.39. The first-order valence-corrected chi connectivity index (χ1v) is 18.0. The molecule has 49 heavy (non-hydrogen) atoms. The standard InChI is InChI=1S/C45H39BN2O/c1-5-6-7-14-28-21-24-30(25-22-28)48-37-20-13-11-18-34(37)39-31-15-8-9-16-32(31)40-33-17-10-12-19-36(33)47-42-35-27-29(45(2,3)4)23-26-38(35)49-44(42)46(48)41(39)43(40)47/h8-13,15-27H,5-7,14H2,1-4H3. The number of unbranched alkanes of at least 4 members (excludes halogenated alkanes) is 2. The quantitative estimate of drug-likeness (QED) is 0.139. The number of hydrogen-bond acceptors (Lipinski definition) is 2. The van der Waals surface area contributed by atoms with Crippen LogP contribution in [0.3, 0.4) is 0 Å². The lowest BCUT2D eigenvalue weighted by Crippen LogP contribution is -2.60. The number of anilines is 2. The van der Waals surface area contributed by atoms with Gasteiger partial charge in [0, 0.05) is 33.1 Å². The van der Waals surface area contributed by atoms with Crippen molar-refractivity contribution < 1.29 is 4.42 Å². The van der Waals surface area contributed by atoms with E-state index in [4.69, 9.17) is 4.42 Å². The summed E-state index contributed by atoms with van der Waals surface area (Å²) in [6, 6.07) is 43.2. The van der Waals surface area contributed by atoms with Gasteiger partial charge >= 0.3 is 6.85 Å². The van der Waals surface area contributed by atoms with Gasteiger partial charge in [0.2, 0.25) is 0 Å². The zero-order valence-electron chi connectivity index (χ0n) is 28.7. The molecule has 0 N–H and O–H groups in total. The first kappa shape index (κ1) is 28.8. The fourth-order valence-electron chi connectivity index (χ4n) is 8.83. The molecule has 3 nitrogen and oxygen atoms in total. The Kier molecular flexibility index (Phi) is 6.10. The lowest BCUT2D eigenvalue weighted by atomic mass is 9.46. The minimum atomic E-state index is -0.139. The molecule has 0 atom stereocenters. The molecule has 238 valence electrons. The van der Waals surface area contributed by atoms with Crippen LogP contribution in [0.4, 0.5) is 11.4 Å². The maximum Gasteiger partial charge on any atom is 0.375 e. The van der Waals surface area contributed by atoms with Gasteiger partial charge in [-0.1, -0.05) is 119 Å². The summed E-state index contributed by atoms with van der Waals surface area (Å²) in [5.74, 6) is 0. The largest absolute Gasteiger partial charge is 0.466 e. The summed E-state index contributed by atoms with van der Waals surface area (Å²) in [6.07, 6.45) is 4.85. The maximum absolute atomic E-state index is 7.16. The van der Waals surface area contributed by atoms with Crippen LogP contribution in [0.15, 0.2) is 120 Å². The molecule has 0 saturated heterocycles. The van der Waals surface area contributed by atoms with E-state index in [1.54, 1.807) is 0 Å². The van der Waals surface area contributed by atoms with Crippen molar-refractivity contribution in [2.75, 3.05) is 4.81 Å². The average molecular weight is 635 g/mol. The topological polar surface area (TPSA) is 21.3 Å². The van der Waals surface area contributed by atoms with Crippen LogP contribution in [0.5, 0.6) is 0 Å². The second-order valence-electron chi connectivity index (χ2n) is 15.1. The van der Waals surface area contributed by atoms with E-state index < -0.39 is 0 Å². The number of para-hydroxylation sites is 2. The third-order valence-electron chi connectivity index (χ3n) is 11.1. The molecule has 8 aromatic rings. The molecule has 0 aliphatic carbocycles. The summed E-state index contributed by atoms with van der Waals surface area (Å²) in [7, 11) is 0. The molecule has 0 bridgehead atoms. The summed E-state index contributed by atoms with van der Waals surface area (Å²) < 4.78 is 9.71. The number of aryl methyl sites for hydroxylation is 1. The maximum atomic E-state index is 7.16. The van der Waals surface area contributed by atoms with E-state index in [0.29, 0.717) is 0 Å². The molecule has 2 aliphatic heterocycles. The van der Waals surface area contributed by atoms with Crippen molar-refractivity contribution in [3.63, 3.8) is 0 Å². The van der Waals surface area contributed by atoms with Crippen LogP contribution >= 0.6 is 0 Å². The van der Waals surface area contributed by atoms with Crippen molar-refractivity contribution in [3.05, 3.63) is 126 Å². The fraction of sp³-hybridized carbons (Fsp3) is 0.200. The molecule has 6 aromatic carbocycles. The number of aromatic nitrogens is 1. The van der Waals surface area contributed by atoms with Gasteiger partial charge in [-0.25, -0.2) is 0 Å². The highest BCUT2D eigenvalue weighted by Crippen LogP contribution is 2.49. The summed E-state index contributed by atoms with van der Waals surface area (Å²) in [6.45, 7) is 9.02.